The third-order valence-corrected chi connectivity index (χ3v) is 14.1. The van der Waals surface area contributed by atoms with E-state index in [-0.39, 0.29) is 12.0 Å². The van der Waals surface area contributed by atoms with Crippen LogP contribution in [0.25, 0.3) is 104 Å². The van der Waals surface area contributed by atoms with Gasteiger partial charge >= 0.3 is 0 Å². The highest BCUT2D eigenvalue weighted by Gasteiger charge is 2.37. The number of para-hydroxylation sites is 1. The van der Waals surface area contributed by atoms with E-state index in [1.54, 1.807) is 0 Å². The molecule has 2 atom stereocenters. The minimum atomic E-state index is -0.248. The molecule has 0 N–H and O–H groups in total. The second-order valence-electron chi connectivity index (χ2n) is 17.6. The topological polar surface area (TPSA) is 55.9 Å². The Labute approximate surface area is 365 Å². The molecule has 2 aliphatic heterocycles. The van der Waals surface area contributed by atoms with Crippen LogP contribution in [0.3, 0.4) is 0 Å². The zero-order valence-corrected chi connectivity index (χ0v) is 34.4. The first-order chi connectivity index (χ1) is 31.7. The molecule has 0 amide bonds. The summed E-state index contributed by atoms with van der Waals surface area (Å²) in [6, 6.07) is 67.9. The second-order valence-corrected chi connectivity index (χ2v) is 17.6. The Bertz CT molecular complexity index is 4250. The standard InChI is InChI=1S/C59H35N3O2/c1-3-13-37-28-51-45(26-35(37)11-1)41-22-20-33-24-49-57(44-18-9-15-34-10-5-6-16-40(34)44)60-59(39-21-23-43-42-17-7-8-19-53(42)63-54(43)30-39)61-58(49)48-31-47-46-27-36-12-2-4-14-38(36)29-55(46)64-56(47)32-52(48)62(51)50(41)25-33/h1-23,25-32,49,57H,24H2/t49-,57?/m1/s1. The van der Waals surface area contributed by atoms with Crippen molar-refractivity contribution in [3.63, 3.8) is 0 Å². The van der Waals surface area contributed by atoms with E-state index in [1.165, 1.54) is 54.3 Å². The Morgan fingerprint density at radius 3 is 1.92 bits per heavy atom. The van der Waals surface area contributed by atoms with Crippen molar-refractivity contribution < 1.29 is 8.83 Å². The highest BCUT2D eigenvalue weighted by atomic mass is 16.3. The highest BCUT2D eigenvalue weighted by molar-refractivity contribution is 6.22. The van der Waals surface area contributed by atoms with Crippen molar-refractivity contribution in [1.29, 1.82) is 0 Å². The van der Waals surface area contributed by atoms with Gasteiger partial charge in [0, 0.05) is 55.4 Å². The molecule has 1 unspecified atom stereocenters. The van der Waals surface area contributed by atoms with Crippen molar-refractivity contribution >= 4 is 110 Å². The molecule has 2 bridgehead atoms. The van der Waals surface area contributed by atoms with Gasteiger partial charge in [0.15, 0.2) is 5.84 Å². The van der Waals surface area contributed by atoms with Gasteiger partial charge in [-0.1, -0.05) is 127 Å². The number of hydrogen-bond acceptors (Lipinski definition) is 4. The quantitative estimate of drug-likeness (QED) is 0.174. The smallest absolute Gasteiger partial charge is 0.155 e. The third-order valence-electron chi connectivity index (χ3n) is 14.1. The van der Waals surface area contributed by atoms with Crippen molar-refractivity contribution in [3.05, 3.63) is 210 Å². The van der Waals surface area contributed by atoms with Crippen molar-refractivity contribution in [2.24, 2.45) is 15.9 Å². The van der Waals surface area contributed by atoms with Crippen LogP contribution in [0.5, 0.6) is 0 Å². The van der Waals surface area contributed by atoms with E-state index in [2.05, 4.69) is 180 Å². The van der Waals surface area contributed by atoms with Gasteiger partial charge in [0.25, 0.3) is 0 Å². The number of amidine groups is 1. The molecule has 0 aliphatic carbocycles. The minimum absolute atomic E-state index is 0.103. The summed E-state index contributed by atoms with van der Waals surface area (Å²) < 4.78 is 15.8. The van der Waals surface area contributed by atoms with Crippen molar-refractivity contribution in [1.82, 2.24) is 4.57 Å². The molecule has 15 rings (SSSR count). The molecule has 0 radical (unpaired) electrons. The first-order valence-electron chi connectivity index (χ1n) is 22.1. The molecule has 5 heterocycles. The molecule has 2 aliphatic rings. The Morgan fingerprint density at radius 2 is 1.06 bits per heavy atom. The molecule has 298 valence electrons. The number of furan rings is 2. The molecule has 0 fully saturated rings. The lowest BCUT2D eigenvalue weighted by Gasteiger charge is -2.32. The van der Waals surface area contributed by atoms with Crippen LogP contribution in [0.1, 0.15) is 28.3 Å². The first kappa shape index (κ1) is 34.3. The Hall–Kier alpha value is -8.28. The molecule has 5 nitrogen and oxygen atoms in total. The predicted octanol–water partition coefficient (Wildman–Crippen LogP) is 15.2. The van der Waals surface area contributed by atoms with E-state index in [0.717, 1.165) is 83.7 Å². The number of aliphatic imine (C=N–C) groups is 2. The average molecular weight is 818 g/mol. The maximum atomic E-state index is 6.88. The normalized spacial score (nSPS) is 16.2. The fraction of sp³-hybridized carbons (Fsp3) is 0.0508. The largest absolute Gasteiger partial charge is 0.456 e. The number of benzene rings is 10. The Balaban J connectivity index is 1.07. The van der Waals surface area contributed by atoms with Crippen LogP contribution >= 0.6 is 0 Å². The van der Waals surface area contributed by atoms with Gasteiger partial charge in [0.05, 0.1) is 28.5 Å². The van der Waals surface area contributed by atoms with Gasteiger partial charge in [-0.3, -0.25) is 4.99 Å². The fourth-order valence-corrected chi connectivity index (χ4v) is 11.1. The summed E-state index contributed by atoms with van der Waals surface area (Å²) in [7, 11) is 0. The van der Waals surface area contributed by atoms with Gasteiger partial charge in [-0.15, -0.1) is 0 Å². The average Bonchev–Trinajstić information content (AvgIpc) is 4.00. The van der Waals surface area contributed by atoms with Gasteiger partial charge in [-0.2, -0.15) is 0 Å². The molecule has 64 heavy (non-hydrogen) atoms. The summed E-state index contributed by atoms with van der Waals surface area (Å²) in [5.74, 6) is 0.592. The second kappa shape index (κ2) is 12.7. The van der Waals surface area contributed by atoms with Crippen LogP contribution in [0.2, 0.25) is 0 Å². The third kappa shape index (κ3) is 4.84. The molecule has 5 heteroatoms. The summed E-state index contributed by atoms with van der Waals surface area (Å²) in [6.45, 7) is 0. The zero-order valence-electron chi connectivity index (χ0n) is 34.4. The number of rotatable bonds is 2. The monoisotopic (exact) mass is 817 g/mol. The number of nitrogens with zero attached hydrogens (tertiary/aromatic N) is 3. The van der Waals surface area contributed by atoms with E-state index in [4.69, 9.17) is 18.8 Å². The first-order valence-corrected chi connectivity index (χ1v) is 22.1. The molecule has 0 saturated heterocycles. The lowest BCUT2D eigenvalue weighted by Crippen LogP contribution is -2.31. The molecule has 13 aromatic rings. The van der Waals surface area contributed by atoms with Crippen LogP contribution in [0.4, 0.5) is 0 Å². The molecule has 10 aromatic carbocycles. The van der Waals surface area contributed by atoms with Gasteiger partial charge in [-0.05, 0) is 104 Å². The maximum Gasteiger partial charge on any atom is 0.155 e. The van der Waals surface area contributed by atoms with Crippen LogP contribution in [-0.4, -0.2) is 16.1 Å². The SMILES string of the molecule is c1ccc2cc3c(cc2c1)oc1cc2c(cc13)C1=NC(c3ccc4c(c3)oc3ccccc34)=NC(c3cccc4ccccc34)[C@H]1Cc1ccc3c4cc5ccccc5cc4n-2c3c1. The summed E-state index contributed by atoms with van der Waals surface area (Å²) >= 11 is 0. The summed E-state index contributed by atoms with van der Waals surface area (Å²) in [6.07, 6.45) is 0.750. The number of fused-ring (bicyclic) bond motifs is 17. The molecule has 3 aromatic heterocycles. The van der Waals surface area contributed by atoms with E-state index in [9.17, 15) is 0 Å². The summed E-state index contributed by atoms with van der Waals surface area (Å²) in [5.41, 5.74) is 12.2. The Morgan fingerprint density at radius 1 is 0.438 bits per heavy atom. The van der Waals surface area contributed by atoms with E-state index in [1.807, 2.05) is 12.1 Å². The molecular weight excluding hydrogens is 783 g/mol. The summed E-state index contributed by atoms with van der Waals surface area (Å²) in [4.78, 5) is 11.5. The van der Waals surface area contributed by atoms with Crippen molar-refractivity contribution in [3.8, 4) is 5.69 Å². The van der Waals surface area contributed by atoms with Crippen LogP contribution < -0.4 is 0 Å². The summed E-state index contributed by atoms with van der Waals surface area (Å²) in [5, 5.41) is 13.9. The Kier molecular flexibility index (Phi) is 6.79. The van der Waals surface area contributed by atoms with Crippen LogP contribution in [0.15, 0.2) is 207 Å². The van der Waals surface area contributed by atoms with Gasteiger partial charge in [0.1, 0.15) is 22.3 Å². The molecule has 0 spiro atoms. The highest BCUT2D eigenvalue weighted by Crippen LogP contribution is 2.46. The van der Waals surface area contributed by atoms with Gasteiger partial charge in [0.2, 0.25) is 0 Å². The maximum absolute atomic E-state index is 6.88. The fourth-order valence-electron chi connectivity index (χ4n) is 11.1. The lowest BCUT2D eigenvalue weighted by molar-refractivity contribution is 0.548. The minimum Gasteiger partial charge on any atom is -0.456 e. The van der Waals surface area contributed by atoms with Gasteiger partial charge < -0.3 is 13.4 Å². The number of aromatic nitrogens is 1. The number of hydrogen-bond donors (Lipinski definition) is 0. The van der Waals surface area contributed by atoms with E-state index in [0.29, 0.717) is 5.84 Å². The van der Waals surface area contributed by atoms with Crippen LogP contribution in [0, 0.1) is 5.92 Å². The zero-order chi connectivity index (χ0) is 41.6. The van der Waals surface area contributed by atoms with E-state index < -0.39 is 0 Å². The lowest BCUT2D eigenvalue weighted by atomic mass is 9.79. The van der Waals surface area contributed by atoms with Crippen molar-refractivity contribution in [2.45, 2.75) is 12.5 Å². The molecule has 0 saturated carbocycles. The van der Waals surface area contributed by atoms with Crippen molar-refractivity contribution in [2.75, 3.05) is 0 Å². The van der Waals surface area contributed by atoms with Gasteiger partial charge in [-0.25, -0.2) is 4.99 Å². The van der Waals surface area contributed by atoms with E-state index >= 15 is 0 Å². The van der Waals surface area contributed by atoms with Crippen LogP contribution in [-0.2, 0) is 6.42 Å². The molecular formula is C59H35N3O2. The predicted molar refractivity (Wildman–Crippen MR) is 264 cm³/mol.